The molecular weight excluding hydrogens is 1330 g/mol. The van der Waals surface area contributed by atoms with Crippen molar-refractivity contribution < 1.29 is 78.3 Å². The first kappa shape index (κ1) is 66.0. The van der Waals surface area contributed by atoms with E-state index in [1.54, 1.807) is 36.4 Å². The zero-order valence-corrected chi connectivity index (χ0v) is 53.9. The third kappa shape index (κ3) is 13.2. The lowest BCUT2D eigenvalue weighted by Crippen LogP contribution is -2.43. The van der Waals surface area contributed by atoms with Gasteiger partial charge in [0, 0.05) is 65.4 Å². The first-order valence-electron chi connectivity index (χ1n) is 30.2. The van der Waals surface area contributed by atoms with E-state index in [0.29, 0.717) is 100 Å². The van der Waals surface area contributed by atoms with Gasteiger partial charge in [0.2, 0.25) is 21.8 Å². The van der Waals surface area contributed by atoms with Crippen LogP contribution in [0.2, 0.25) is 20.1 Å². The number of ketones is 1. The summed E-state index contributed by atoms with van der Waals surface area (Å²) >= 11 is 25.8. The lowest BCUT2D eigenvalue weighted by molar-refractivity contribution is -0.127. The number of hydrogen-bond donors (Lipinski definition) is 3. The fourth-order valence-electron chi connectivity index (χ4n) is 13.8. The topological polar surface area (TPSA) is 315 Å². The molecule has 2 saturated heterocycles. The number of Topliss-reactive ketones (excluding diaryl/α,β-unsaturated/α-hetero) is 1. The van der Waals surface area contributed by atoms with E-state index in [0.717, 1.165) is 66.9 Å². The number of aromatic nitrogens is 4. The van der Waals surface area contributed by atoms with Gasteiger partial charge in [-0.15, -0.1) is 0 Å². The third-order valence-electron chi connectivity index (χ3n) is 18.6. The van der Waals surface area contributed by atoms with E-state index in [-0.39, 0.29) is 72.5 Å². The lowest BCUT2D eigenvalue weighted by Gasteiger charge is -2.31. The van der Waals surface area contributed by atoms with Crippen LogP contribution in [0, 0.1) is 23.5 Å². The van der Waals surface area contributed by atoms with Crippen LogP contribution in [0.3, 0.4) is 0 Å². The molecular formula is C62H63Cl4F2N7O15S2. The first-order chi connectivity index (χ1) is 43.9. The fraction of sp³-hybridized carbons (Fsp3) is 0.484. The van der Waals surface area contributed by atoms with Crippen molar-refractivity contribution >= 4 is 101 Å². The summed E-state index contributed by atoms with van der Waals surface area (Å²) in [7, 11) is -5.92. The molecule has 4 bridgehead atoms. The Labute approximate surface area is 547 Å². The van der Waals surface area contributed by atoms with Crippen molar-refractivity contribution in [2.45, 2.75) is 162 Å². The molecule has 4 N–H and O–H groups in total. The van der Waals surface area contributed by atoms with Gasteiger partial charge in [0.15, 0.2) is 32.9 Å². The number of hydrogen-bond acceptors (Lipinski definition) is 18. The molecule has 6 saturated carbocycles. The van der Waals surface area contributed by atoms with Crippen molar-refractivity contribution in [1.29, 1.82) is 0 Å². The molecule has 6 aliphatic carbocycles. The Bertz CT molecular complexity index is 4080. The Morgan fingerprint density at radius 2 is 1.10 bits per heavy atom. The van der Waals surface area contributed by atoms with Gasteiger partial charge in [-0.25, -0.2) is 45.5 Å². The number of halogens is 6. The van der Waals surface area contributed by atoms with E-state index >= 15 is 4.39 Å². The van der Waals surface area contributed by atoms with E-state index in [4.69, 9.17) is 85.0 Å². The number of fused-ring (bicyclic) bond motifs is 4. The summed E-state index contributed by atoms with van der Waals surface area (Å²) < 4.78 is 106. The molecule has 0 unspecified atom stereocenters. The number of aromatic carboxylic acids is 1. The maximum Gasteiger partial charge on any atom is 0.357 e. The largest absolute Gasteiger partial charge is 0.476 e. The molecule has 6 aromatic rings. The monoisotopic (exact) mass is 1390 g/mol. The summed E-state index contributed by atoms with van der Waals surface area (Å²) in [6, 6.07) is 12.1. The normalized spacial score (nSPS) is 25.8. The maximum atomic E-state index is 15.2. The highest BCUT2D eigenvalue weighted by Crippen LogP contribution is 2.50. The van der Waals surface area contributed by atoms with Gasteiger partial charge in [-0.2, -0.15) is 0 Å². The van der Waals surface area contributed by atoms with Crippen LogP contribution in [0.5, 0.6) is 0 Å². The number of pyridine rings is 2. The van der Waals surface area contributed by atoms with Gasteiger partial charge < -0.3 is 43.3 Å². The third-order valence-corrected chi connectivity index (χ3v) is 23.4. The number of primary sulfonamides is 1. The highest BCUT2D eigenvalue weighted by Gasteiger charge is 2.54. The minimum absolute atomic E-state index is 0.162. The number of amides is 2. The molecule has 2 aromatic carbocycles. The van der Waals surface area contributed by atoms with Gasteiger partial charge in [-0.05, 0) is 114 Å². The van der Waals surface area contributed by atoms with Crippen LogP contribution in [-0.4, -0.2) is 131 Å². The maximum absolute atomic E-state index is 15.2. The zero-order valence-electron chi connectivity index (χ0n) is 49.3. The average molecular weight is 1390 g/mol. The Morgan fingerprint density at radius 1 is 0.652 bits per heavy atom. The molecule has 22 nitrogen and oxygen atoms in total. The molecule has 8 aliphatic rings. The number of nitrogens with zero attached hydrogens (tertiary/aromatic N) is 6. The van der Waals surface area contributed by atoms with Crippen LogP contribution in [0.25, 0.3) is 22.5 Å². The van der Waals surface area contributed by atoms with Gasteiger partial charge in [0.1, 0.15) is 39.6 Å². The standard InChI is InChI=1S/C32H32Cl2FN3O7S.C25H20Cl2FN3O5.C5H11NO3S/c1-43-25-6-3-7-27(25)46(41,42)15-24(39)30-23(35)11-18(13-36-30)38-17-10-19(32(38)40)26(12-17)44-14-20-29(37-45-31(20)16-8-9-16)28-21(33)4-2-5-22(28)34;26-16-2-1-3-17(27)20(16)21-15(23(36-30-21)11-4-5-11)10-35-19-8-12-6-14(19)24(32)31(12)13-7-18(28)22(25(33)34)29-9-13;6-10(8,9)5-3-1-2-4(5)7/h2,4-5,11,13,16-17,19,25-27H,3,6-10,12,14-15H2,1H3;1-3,7,9,11-12,14,19H,4-6,8,10H2,(H,33,34);4-5,7H,1-3H2,(H2,6,8,9)/t17-,19+,25+,26+,27+;12-,14+,19+;4-,5-/m001/s1. The number of sulfonamides is 1. The number of anilines is 2. The number of carbonyl (C=O) groups is 4. The smallest absolute Gasteiger partial charge is 0.357 e. The molecule has 2 amide bonds. The molecule has 0 radical (unpaired) electrons. The van der Waals surface area contributed by atoms with Crippen LogP contribution < -0.4 is 14.9 Å². The number of aliphatic hydroxyl groups is 1. The highest BCUT2D eigenvalue weighted by molar-refractivity contribution is 7.92. The van der Waals surface area contributed by atoms with E-state index in [9.17, 15) is 40.4 Å². The van der Waals surface area contributed by atoms with Crippen LogP contribution in [0.1, 0.15) is 145 Å². The molecule has 490 valence electrons. The van der Waals surface area contributed by atoms with Gasteiger partial charge in [0.05, 0.1) is 98.6 Å². The quantitative estimate of drug-likeness (QED) is 0.0635. The van der Waals surface area contributed by atoms with Crippen molar-refractivity contribution in [1.82, 2.24) is 20.3 Å². The van der Waals surface area contributed by atoms with Crippen LogP contribution >= 0.6 is 46.4 Å². The first-order valence-corrected chi connectivity index (χ1v) is 35.0. The Balaban J connectivity index is 0.000000157. The lowest BCUT2D eigenvalue weighted by atomic mass is 10.0. The number of benzene rings is 2. The molecule has 8 fully saturated rings. The van der Waals surface area contributed by atoms with Gasteiger partial charge in [-0.3, -0.25) is 14.4 Å². The van der Waals surface area contributed by atoms with E-state index in [1.165, 1.54) is 29.3 Å². The zero-order chi connectivity index (χ0) is 65.2. The van der Waals surface area contributed by atoms with Crippen molar-refractivity contribution in [3.63, 3.8) is 0 Å². The van der Waals surface area contributed by atoms with Crippen molar-refractivity contribution in [3.8, 4) is 22.5 Å². The number of carbonyl (C=O) groups excluding carboxylic acids is 3. The molecule has 2 aliphatic heterocycles. The van der Waals surface area contributed by atoms with Crippen molar-refractivity contribution in [2.24, 2.45) is 17.0 Å². The number of piperidine rings is 2. The number of carboxylic acid groups (broad SMARTS) is 1. The van der Waals surface area contributed by atoms with Crippen LogP contribution in [0.4, 0.5) is 20.2 Å². The van der Waals surface area contributed by atoms with Crippen LogP contribution in [-0.2, 0) is 56.9 Å². The molecule has 14 rings (SSSR count). The van der Waals surface area contributed by atoms with Gasteiger partial charge >= 0.3 is 5.97 Å². The number of sulfone groups is 1. The predicted molar refractivity (Wildman–Crippen MR) is 332 cm³/mol. The molecule has 10 atom stereocenters. The number of nitrogens with two attached hydrogens (primary N) is 1. The number of methoxy groups -OCH3 is 1. The second-order valence-corrected chi connectivity index (χ2v) is 30.2. The number of carboxylic acids is 1. The molecule has 92 heavy (non-hydrogen) atoms. The molecule has 0 spiro atoms. The van der Waals surface area contributed by atoms with Gasteiger partial charge in [-0.1, -0.05) is 68.8 Å². The van der Waals surface area contributed by atoms with E-state index < -0.39 is 94.9 Å². The summed E-state index contributed by atoms with van der Waals surface area (Å²) in [6.45, 7) is 0.353. The molecule has 4 aromatic heterocycles. The average Bonchev–Trinajstić information content (AvgIpc) is 1.61. The van der Waals surface area contributed by atoms with E-state index in [1.807, 2.05) is 0 Å². The predicted octanol–water partition coefficient (Wildman–Crippen LogP) is 10.6. The summed E-state index contributed by atoms with van der Waals surface area (Å²) in [5, 5.41) is 31.8. The van der Waals surface area contributed by atoms with Crippen molar-refractivity contribution in [2.75, 3.05) is 22.7 Å². The fourth-order valence-corrected chi connectivity index (χ4v) is 18.0. The Hall–Kier alpha value is -6.04. The van der Waals surface area contributed by atoms with Crippen molar-refractivity contribution in [3.05, 3.63) is 127 Å². The Kier molecular flexibility index (Phi) is 19.1. The summed E-state index contributed by atoms with van der Waals surface area (Å²) in [5.41, 5.74) is 3.01. The van der Waals surface area contributed by atoms with E-state index in [2.05, 4.69) is 20.3 Å². The summed E-state index contributed by atoms with van der Waals surface area (Å²) in [6.07, 6.45) is 10.2. The van der Waals surface area contributed by atoms with Crippen LogP contribution in [0.15, 0.2) is 70.0 Å². The Morgan fingerprint density at radius 3 is 1.48 bits per heavy atom. The minimum atomic E-state index is -3.86. The number of aliphatic hydroxyl groups excluding tert-OH is 1. The van der Waals surface area contributed by atoms with Gasteiger partial charge in [0.25, 0.3) is 0 Å². The highest BCUT2D eigenvalue weighted by atomic mass is 35.5. The second-order valence-electron chi connectivity index (χ2n) is 24.5. The molecule has 30 heteroatoms. The second kappa shape index (κ2) is 26.6. The minimum Gasteiger partial charge on any atom is -0.476 e. The number of ether oxygens (including phenoxy) is 3. The SMILES string of the molecule is CO[C@@H]1CCC[C@H]1S(=O)(=O)CC(=O)c1ncc(N2C(=O)[C@@H]3C[C@H]2C[C@H]3OCc2c(-c3c(Cl)cccc3Cl)noc2C2CC2)cc1F.NS(=O)(=O)[C@@H]1CCC[C@H]1O.O=C(O)c1ncc(N2C(=O)[C@@H]3C[C@H]2C[C@H]3OCc2c(-c3c(Cl)cccc3Cl)noc2C2CC2)cc1F. The summed E-state index contributed by atoms with van der Waals surface area (Å²) in [4.78, 5) is 61.2. The summed E-state index contributed by atoms with van der Waals surface area (Å²) in [5.74, 6) is -4.41. The molecule has 6 heterocycles. The number of rotatable bonds is 19.